The number of aliphatic hydroxyl groups is 1. The molecule has 0 unspecified atom stereocenters. The van der Waals surface area contributed by atoms with Crippen LogP contribution in [-0.4, -0.2) is 90.1 Å². The van der Waals surface area contributed by atoms with Crippen molar-refractivity contribution in [2.45, 2.75) is 13.3 Å². The Balaban J connectivity index is 1.62. The van der Waals surface area contributed by atoms with Gasteiger partial charge in [0.2, 0.25) is 5.91 Å². The van der Waals surface area contributed by atoms with Crippen molar-refractivity contribution in [1.82, 2.24) is 14.7 Å². The van der Waals surface area contributed by atoms with E-state index >= 15 is 0 Å². The lowest BCUT2D eigenvalue weighted by molar-refractivity contribution is -0.357. The van der Waals surface area contributed by atoms with Crippen LogP contribution in [0.25, 0.3) is 0 Å². The third-order valence-corrected chi connectivity index (χ3v) is 5.99. The molecule has 2 aliphatic rings. The maximum absolute atomic E-state index is 13.8. The third-order valence-electron chi connectivity index (χ3n) is 5.99. The Bertz CT molecular complexity index is 828. The molecule has 0 bridgehead atoms. The van der Waals surface area contributed by atoms with Crippen LogP contribution in [0.15, 0.2) is 18.2 Å². The number of nitrogens with zero attached hydrogens (tertiary/aromatic N) is 3. The Labute approximate surface area is 181 Å². The maximum Gasteiger partial charge on any atom is 0.320 e. The molecule has 0 saturated carbocycles. The molecule has 170 valence electrons. The van der Waals surface area contributed by atoms with Gasteiger partial charge in [-0.3, -0.25) is 9.59 Å². The van der Waals surface area contributed by atoms with Crippen LogP contribution in [0.5, 0.6) is 0 Å². The highest BCUT2D eigenvalue weighted by Crippen LogP contribution is 2.25. The smallest absolute Gasteiger partial charge is 0.320 e. The zero-order valence-electron chi connectivity index (χ0n) is 17.8. The van der Waals surface area contributed by atoms with Gasteiger partial charge in [-0.1, -0.05) is 6.07 Å². The van der Waals surface area contributed by atoms with Gasteiger partial charge >= 0.3 is 6.03 Å². The number of amides is 4. The zero-order valence-corrected chi connectivity index (χ0v) is 17.8. The summed E-state index contributed by atoms with van der Waals surface area (Å²) in [5.41, 5.74) is 4.46. The molecule has 1 aromatic carbocycles. The van der Waals surface area contributed by atoms with Crippen molar-refractivity contribution in [2.24, 2.45) is 11.8 Å². The first kappa shape index (κ1) is 23.0. The highest BCUT2D eigenvalue weighted by atomic mass is 19.1. The Morgan fingerprint density at radius 2 is 1.81 bits per heavy atom. The number of anilines is 1. The number of carbonyl (C=O) groups is 3. The van der Waals surface area contributed by atoms with Crippen LogP contribution >= 0.6 is 0 Å². The number of halogens is 1. The molecule has 2 fully saturated rings. The van der Waals surface area contributed by atoms with E-state index in [9.17, 15) is 23.9 Å². The number of nitrogens with one attached hydrogen (secondary N) is 1. The summed E-state index contributed by atoms with van der Waals surface area (Å²) in [6, 6.07) is 4.31. The monoisotopic (exact) mass is 436 g/mol. The number of benzene rings is 1. The number of piperidine rings is 1. The van der Waals surface area contributed by atoms with Crippen LogP contribution in [0, 0.1) is 24.6 Å². The molecule has 10 heteroatoms. The summed E-state index contributed by atoms with van der Waals surface area (Å²) in [5, 5.41) is 12.4. The first-order valence-corrected chi connectivity index (χ1v) is 10.6. The lowest BCUT2D eigenvalue weighted by atomic mass is 9.89. The average Bonchev–Trinajstić information content (AvgIpc) is 2.80. The van der Waals surface area contributed by atoms with Crippen LogP contribution in [-0.2, 0) is 9.59 Å². The standard InChI is InChI=1S/C21H30FN5O4/c1-14-2-3-17(9-18(14)22)24-20(30)16-8-15(13-28)11-27(12-16)21(31)26-6-4-25(5-7-26)19(29)10-23/h2-3,9,15-16,28H,4-8,10-13,23H2,1H3,(H,24,30)/p+1/t15-,16+/m1/s1. The lowest BCUT2D eigenvalue weighted by Crippen LogP contribution is -2.62. The van der Waals surface area contributed by atoms with Gasteiger partial charge in [0.1, 0.15) is 5.82 Å². The molecule has 3 rings (SSSR count). The summed E-state index contributed by atoms with van der Waals surface area (Å²) in [6.45, 7) is 4.07. The Morgan fingerprint density at radius 3 is 2.42 bits per heavy atom. The van der Waals surface area contributed by atoms with E-state index in [0.29, 0.717) is 50.4 Å². The van der Waals surface area contributed by atoms with E-state index < -0.39 is 11.7 Å². The molecular weight excluding hydrogens is 405 g/mol. The molecular formula is C21H31FN5O4+. The van der Waals surface area contributed by atoms with Crippen LogP contribution < -0.4 is 11.1 Å². The highest BCUT2D eigenvalue weighted by Gasteiger charge is 2.36. The number of hydrogen-bond donors (Lipinski definition) is 3. The molecule has 5 N–H and O–H groups in total. The fourth-order valence-electron chi connectivity index (χ4n) is 4.10. The number of urea groups is 1. The highest BCUT2D eigenvalue weighted by molar-refractivity contribution is 5.93. The van der Waals surface area contributed by atoms with Gasteiger partial charge in [-0.25, -0.2) is 9.18 Å². The van der Waals surface area contributed by atoms with Crippen LogP contribution in [0.2, 0.25) is 0 Å². The van der Waals surface area contributed by atoms with Crippen molar-refractivity contribution in [3.05, 3.63) is 29.6 Å². The molecule has 2 heterocycles. The van der Waals surface area contributed by atoms with E-state index in [1.54, 1.807) is 33.8 Å². The molecule has 0 radical (unpaired) electrons. The number of piperazine rings is 1. The molecule has 0 aromatic heterocycles. The van der Waals surface area contributed by atoms with Gasteiger partial charge in [-0.2, -0.15) is 0 Å². The molecule has 2 atom stereocenters. The summed E-state index contributed by atoms with van der Waals surface area (Å²) in [6.07, 6.45) is 0.451. The maximum atomic E-state index is 13.8. The third kappa shape index (κ3) is 5.50. The lowest BCUT2D eigenvalue weighted by Gasteiger charge is -2.41. The molecule has 0 spiro atoms. The van der Waals surface area contributed by atoms with Gasteiger partial charge < -0.3 is 30.9 Å². The number of carbonyl (C=O) groups excluding carboxylic acids is 3. The number of aliphatic hydroxyl groups excluding tert-OH is 1. The van der Waals surface area contributed by atoms with Gasteiger partial charge in [0, 0.05) is 57.5 Å². The molecule has 4 amide bonds. The van der Waals surface area contributed by atoms with Gasteiger partial charge in [-0.15, -0.1) is 0 Å². The van der Waals surface area contributed by atoms with Crippen LogP contribution in [0.4, 0.5) is 14.9 Å². The predicted octanol–water partition coefficient (Wildman–Crippen LogP) is -0.491. The predicted molar refractivity (Wildman–Crippen MR) is 111 cm³/mol. The quantitative estimate of drug-likeness (QED) is 0.590. The minimum atomic E-state index is -0.506. The largest absolute Gasteiger partial charge is 0.396 e. The van der Waals surface area contributed by atoms with Crippen molar-refractivity contribution in [1.29, 1.82) is 0 Å². The van der Waals surface area contributed by atoms with Crippen molar-refractivity contribution < 1.29 is 29.6 Å². The van der Waals surface area contributed by atoms with Crippen molar-refractivity contribution in [3.8, 4) is 0 Å². The molecule has 2 saturated heterocycles. The van der Waals surface area contributed by atoms with Gasteiger partial charge in [-0.05, 0) is 31.0 Å². The van der Waals surface area contributed by atoms with Gasteiger partial charge in [0.15, 0.2) is 6.54 Å². The van der Waals surface area contributed by atoms with Gasteiger partial charge in [0.25, 0.3) is 5.91 Å². The Hall–Kier alpha value is -2.72. The minimum Gasteiger partial charge on any atom is -0.396 e. The van der Waals surface area contributed by atoms with Crippen molar-refractivity contribution in [3.63, 3.8) is 0 Å². The summed E-state index contributed by atoms with van der Waals surface area (Å²) < 4.78 is 13.8. The zero-order chi connectivity index (χ0) is 22.5. The fourth-order valence-corrected chi connectivity index (χ4v) is 4.10. The topological polar surface area (TPSA) is 121 Å². The van der Waals surface area contributed by atoms with Crippen LogP contribution in [0.1, 0.15) is 12.0 Å². The van der Waals surface area contributed by atoms with E-state index in [2.05, 4.69) is 11.1 Å². The van der Waals surface area contributed by atoms with Crippen LogP contribution in [0.3, 0.4) is 0 Å². The number of likely N-dealkylation sites (tertiary alicyclic amines) is 1. The van der Waals surface area contributed by atoms with Crippen molar-refractivity contribution in [2.75, 3.05) is 57.7 Å². The van der Waals surface area contributed by atoms with E-state index in [-0.39, 0.29) is 43.5 Å². The van der Waals surface area contributed by atoms with E-state index in [4.69, 9.17) is 0 Å². The Morgan fingerprint density at radius 1 is 1.13 bits per heavy atom. The average molecular weight is 437 g/mol. The molecule has 31 heavy (non-hydrogen) atoms. The normalized spacial score (nSPS) is 21.7. The second-order valence-corrected chi connectivity index (χ2v) is 8.24. The first-order chi connectivity index (χ1) is 14.8. The second-order valence-electron chi connectivity index (χ2n) is 8.24. The SMILES string of the molecule is Cc1ccc(NC(=O)[C@H]2C[C@@H](CO)CN(C(=O)N3CCN(C(=O)C[NH3+])CC3)C2)cc1F. The number of rotatable bonds is 4. The second kappa shape index (κ2) is 10.1. The minimum absolute atomic E-state index is 0.0327. The van der Waals surface area contributed by atoms with E-state index in [0.717, 1.165) is 0 Å². The number of aryl methyl sites for hydroxylation is 1. The fraction of sp³-hybridized carbons (Fsp3) is 0.571. The van der Waals surface area contributed by atoms with E-state index in [1.807, 2.05) is 0 Å². The summed E-state index contributed by atoms with van der Waals surface area (Å²) >= 11 is 0. The number of hydrogen-bond acceptors (Lipinski definition) is 4. The first-order valence-electron chi connectivity index (χ1n) is 10.6. The summed E-state index contributed by atoms with van der Waals surface area (Å²) in [5.74, 6) is -1.45. The molecule has 9 nitrogen and oxygen atoms in total. The molecule has 2 aliphatic heterocycles. The van der Waals surface area contributed by atoms with Gasteiger partial charge in [0.05, 0.1) is 5.92 Å². The van der Waals surface area contributed by atoms with Crippen molar-refractivity contribution >= 4 is 23.5 Å². The molecule has 0 aliphatic carbocycles. The summed E-state index contributed by atoms with van der Waals surface area (Å²) in [4.78, 5) is 42.6. The summed E-state index contributed by atoms with van der Waals surface area (Å²) in [7, 11) is 0. The number of quaternary nitrogens is 1. The molecule has 1 aromatic rings. The van der Waals surface area contributed by atoms with E-state index in [1.165, 1.54) is 6.07 Å². The Kier molecular flexibility index (Phi) is 7.45.